The van der Waals surface area contributed by atoms with Gasteiger partial charge in [-0.1, -0.05) is 19.1 Å². The highest BCUT2D eigenvalue weighted by Crippen LogP contribution is 2.43. The largest absolute Gasteiger partial charge is 0.461 e. The summed E-state index contributed by atoms with van der Waals surface area (Å²) in [5, 5.41) is 7.68. The lowest BCUT2D eigenvalue weighted by molar-refractivity contribution is -0.154. The fourth-order valence-electron chi connectivity index (χ4n) is 6.68. The van der Waals surface area contributed by atoms with Crippen LogP contribution in [0.25, 0.3) is 0 Å². The number of likely N-dealkylation sites (tertiary alicyclic amines) is 1. The molecule has 3 heterocycles. The van der Waals surface area contributed by atoms with Gasteiger partial charge in [0, 0.05) is 37.4 Å². The van der Waals surface area contributed by atoms with E-state index in [9.17, 15) is 4.79 Å². The summed E-state index contributed by atoms with van der Waals surface area (Å²) >= 11 is 0. The van der Waals surface area contributed by atoms with Crippen LogP contribution in [0.2, 0.25) is 0 Å². The molecule has 1 aliphatic carbocycles. The summed E-state index contributed by atoms with van der Waals surface area (Å²) in [5.74, 6) is 1.07. The lowest BCUT2D eigenvalue weighted by atomic mass is 9.70. The Morgan fingerprint density at radius 3 is 2.79 bits per heavy atom. The van der Waals surface area contributed by atoms with E-state index in [0.29, 0.717) is 23.9 Å². The van der Waals surface area contributed by atoms with Crippen molar-refractivity contribution in [1.82, 2.24) is 15.5 Å². The number of allylic oxidation sites excluding steroid dienone is 2. The molecule has 0 spiro atoms. The first-order valence-corrected chi connectivity index (χ1v) is 13.7. The molecule has 3 fully saturated rings. The van der Waals surface area contributed by atoms with Gasteiger partial charge in [-0.15, -0.1) is 0 Å². The number of hydrogen-bond acceptors (Lipinski definition) is 5. The monoisotopic (exact) mass is 457 g/mol. The van der Waals surface area contributed by atoms with Gasteiger partial charge in [0.2, 0.25) is 0 Å². The van der Waals surface area contributed by atoms with Gasteiger partial charge in [0.15, 0.2) is 0 Å². The second kappa shape index (κ2) is 11.4. The first-order chi connectivity index (χ1) is 15.9. The molecular weight excluding hydrogens is 410 g/mol. The van der Waals surface area contributed by atoms with Gasteiger partial charge >= 0.3 is 5.97 Å². The van der Waals surface area contributed by atoms with Crippen LogP contribution in [0.15, 0.2) is 23.4 Å². The lowest BCUT2D eigenvalue weighted by Gasteiger charge is -2.40. The van der Waals surface area contributed by atoms with Gasteiger partial charge in [-0.3, -0.25) is 4.79 Å². The summed E-state index contributed by atoms with van der Waals surface area (Å²) in [4.78, 5) is 15.2. The molecule has 5 unspecified atom stereocenters. The predicted octanol–water partition coefficient (Wildman–Crippen LogP) is 4.79. The average Bonchev–Trinajstić information content (AvgIpc) is 3.22. The van der Waals surface area contributed by atoms with Crippen molar-refractivity contribution in [2.24, 2.45) is 17.8 Å². The van der Waals surface area contributed by atoms with Crippen molar-refractivity contribution in [2.75, 3.05) is 26.7 Å². The lowest BCUT2D eigenvalue weighted by Crippen LogP contribution is -2.47. The molecular formula is C28H47N3O2. The summed E-state index contributed by atoms with van der Waals surface area (Å²) in [6.45, 7) is 11.9. The van der Waals surface area contributed by atoms with Crippen LogP contribution in [0.3, 0.4) is 0 Å². The second-order valence-electron chi connectivity index (χ2n) is 11.3. The topological polar surface area (TPSA) is 53.6 Å². The number of rotatable bonds is 7. The maximum atomic E-state index is 13.0. The highest BCUT2D eigenvalue weighted by atomic mass is 16.5. The molecule has 0 aromatic carbocycles. The third kappa shape index (κ3) is 6.22. The van der Waals surface area contributed by atoms with Crippen molar-refractivity contribution < 1.29 is 9.53 Å². The normalized spacial score (nSPS) is 34.8. The number of nitrogens with zero attached hydrogens (tertiary/aromatic N) is 1. The number of carbonyl (C=O) groups is 1. The summed E-state index contributed by atoms with van der Waals surface area (Å²) in [7, 11) is 2.10. The van der Waals surface area contributed by atoms with E-state index in [2.05, 4.69) is 43.0 Å². The molecule has 5 heteroatoms. The van der Waals surface area contributed by atoms with E-state index in [0.717, 1.165) is 51.7 Å². The van der Waals surface area contributed by atoms with Gasteiger partial charge in [-0.05, 0) is 102 Å². The molecule has 0 bridgehead atoms. The fourth-order valence-corrected chi connectivity index (χ4v) is 6.68. The minimum atomic E-state index is -0.00445. The Morgan fingerprint density at radius 2 is 2.06 bits per heavy atom. The van der Waals surface area contributed by atoms with Crippen LogP contribution < -0.4 is 10.6 Å². The van der Waals surface area contributed by atoms with Crippen molar-refractivity contribution in [3.8, 4) is 0 Å². The van der Waals surface area contributed by atoms with Gasteiger partial charge in [-0.2, -0.15) is 0 Å². The standard InChI is InChI=1S/C28H47N3O2/c1-5-21(28(32)33-24-13-15-31(4)18-24)16-23-17-22(12-11-19(23)2)25-9-7-14-29-27(25)26-10-6-8-20(3)30-26/h20-24,26,29-30H,2,5-18H2,1,3-4H3/t20?,21?,22?,23?,24-,26?/m0/s1. The minimum Gasteiger partial charge on any atom is -0.461 e. The molecule has 0 radical (unpaired) electrons. The summed E-state index contributed by atoms with van der Waals surface area (Å²) in [5.41, 5.74) is 4.55. The maximum absolute atomic E-state index is 13.0. The minimum absolute atomic E-state index is 0.00445. The van der Waals surface area contributed by atoms with Crippen LogP contribution in [-0.2, 0) is 9.53 Å². The quantitative estimate of drug-likeness (QED) is 0.425. The molecule has 186 valence electrons. The summed E-state index contributed by atoms with van der Waals surface area (Å²) < 4.78 is 5.92. The summed E-state index contributed by atoms with van der Waals surface area (Å²) in [6.07, 6.45) is 12.6. The zero-order valence-electron chi connectivity index (χ0n) is 21.3. The first kappa shape index (κ1) is 24.8. The van der Waals surface area contributed by atoms with Crippen LogP contribution in [0.1, 0.15) is 84.5 Å². The molecule has 0 aromatic rings. The van der Waals surface area contributed by atoms with Crippen LogP contribution in [0.4, 0.5) is 0 Å². The second-order valence-corrected chi connectivity index (χ2v) is 11.3. The molecule has 5 nitrogen and oxygen atoms in total. The number of esters is 1. The number of nitrogens with one attached hydrogen (secondary N) is 2. The van der Waals surface area contributed by atoms with E-state index in [1.165, 1.54) is 49.8 Å². The third-order valence-corrected chi connectivity index (χ3v) is 8.73. The number of hydrogen-bond donors (Lipinski definition) is 2. The van der Waals surface area contributed by atoms with Crippen LogP contribution in [-0.4, -0.2) is 55.7 Å². The van der Waals surface area contributed by atoms with Gasteiger partial charge in [0.25, 0.3) is 0 Å². The summed E-state index contributed by atoms with van der Waals surface area (Å²) in [6, 6.07) is 1.10. The zero-order chi connectivity index (χ0) is 23.4. The molecule has 1 saturated carbocycles. The van der Waals surface area contributed by atoms with Crippen molar-refractivity contribution >= 4 is 5.97 Å². The van der Waals surface area contributed by atoms with E-state index in [1.54, 1.807) is 5.57 Å². The van der Waals surface area contributed by atoms with Gasteiger partial charge < -0.3 is 20.3 Å². The van der Waals surface area contributed by atoms with E-state index >= 15 is 0 Å². The molecule has 2 saturated heterocycles. The Morgan fingerprint density at radius 1 is 1.21 bits per heavy atom. The third-order valence-electron chi connectivity index (χ3n) is 8.73. The van der Waals surface area contributed by atoms with E-state index < -0.39 is 0 Å². The number of likely N-dealkylation sites (N-methyl/N-ethyl adjacent to an activating group) is 1. The highest BCUT2D eigenvalue weighted by molar-refractivity contribution is 5.72. The Labute approximate surface area is 201 Å². The Bertz CT molecular complexity index is 733. The SMILES string of the molecule is C=C1CCC(C2=C(C3CCCC(C)N3)NCCC2)CC1CC(CC)C(=O)O[C@H]1CCN(C)C1. The van der Waals surface area contributed by atoms with Gasteiger partial charge in [0.05, 0.1) is 5.92 Å². The molecule has 4 rings (SSSR count). The molecule has 6 atom stereocenters. The molecule has 0 amide bonds. The predicted molar refractivity (Wildman–Crippen MR) is 135 cm³/mol. The number of ether oxygens (including phenoxy) is 1. The molecule has 4 aliphatic rings. The Hall–Kier alpha value is -1.33. The van der Waals surface area contributed by atoms with Crippen molar-refractivity contribution in [3.63, 3.8) is 0 Å². The Kier molecular flexibility index (Phi) is 8.56. The van der Waals surface area contributed by atoms with Crippen LogP contribution >= 0.6 is 0 Å². The van der Waals surface area contributed by atoms with Crippen molar-refractivity contribution in [1.29, 1.82) is 0 Å². The highest BCUT2D eigenvalue weighted by Gasteiger charge is 2.35. The van der Waals surface area contributed by atoms with E-state index in [-0.39, 0.29) is 18.0 Å². The van der Waals surface area contributed by atoms with Crippen LogP contribution in [0, 0.1) is 17.8 Å². The van der Waals surface area contributed by atoms with E-state index in [4.69, 9.17) is 4.74 Å². The van der Waals surface area contributed by atoms with Crippen LogP contribution in [0.5, 0.6) is 0 Å². The van der Waals surface area contributed by atoms with E-state index in [1.807, 2.05) is 0 Å². The molecule has 2 N–H and O–H groups in total. The van der Waals surface area contributed by atoms with Gasteiger partial charge in [0.1, 0.15) is 6.10 Å². The molecule has 33 heavy (non-hydrogen) atoms. The number of piperidine rings is 1. The molecule has 0 aromatic heterocycles. The molecule has 3 aliphatic heterocycles. The average molecular weight is 458 g/mol. The van der Waals surface area contributed by atoms with Gasteiger partial charge in [-0.25, -0.2) is 0 Å². The smallest absolute Gasteiger partial charge is 0.309 e. The van der Waals surface area contributed by atoms with Crippen molar-refractivity contribution in [2.45, 2.75) is 103 Å². The zero-order valence-corrected chi connectivity index (χ0v) is 21.3. The first-order valence-electron chi connectivity index (χ1n) is 13.7. The maximum Gasteiger partial charge on any atom is 0.309 e. The Balaban J connectivity index is 1.42. The number of carbonyl (C=O) groups excluding carboxylic acids is 1. The van der Waals surface area contributed by atoms with Crippen molar-refractivity contribution in [3.05, 3.63) is 23.4 Å². The fraction of sp³-hybridized carbons (Fsp3) is 0.821.